The average molecular weight is 244 g/mol. The highest BCUT2D eigenvalue weighted by molar-refractivity contribution is 6.30. The number of aryl methyl sites for hydroxylation is 1. The second kappa shape index (κ2) is 6.01. The van der Waals surface area contributed by atoms with Gasteiger partial charge in [0.1, 0.15) is 16.8 Å². The fourth-order valence-corrected chi connectivity index (χ4v) is 1.58. The quantitative estimate of drug-likeness (QED) is 0.616. The van der Waals surface area contributed by atoms with Crippen LogP contribution in [0, 0.1) is 13.8 Å². The topological polar surface area (TPSA) is 58.0 Å². The highest BCUT2D eigenvalue weighted by atomic mass is 35.5. The van der Waals surface area contributed by atoms with Gasteiger partial charge < -0.3 is 10.4 Å². The van der Waals surface area contributed by atoms with Crippen molar-refractivity contribution in [3.8, 4) is 0 Å². The molecule has 0 saturated heterocycles. The summed E-state index contributed by atoms with van der Waals surface area (Å²) in [5.74, 6) is 1.44. The number of aliphatic hydroxyl groups excluding tert-OH is 1. The minimum Gasteiger partial charge on any atom is -0.393 e. The van der Waals surface area contributed by atoms with Gasteiger partial charge in [-0.2, -0.15) is 0 Å². The van der Waals surface area contributed by atoms with Gasteiger partial charge in [0.25, 0.3) is 0 Å². The Morgan fingerprint density at radius 1 is 1.38 bits per heavy atom. The van der Waals surface area contributed by atoms with Crippen LogP contribution >= 0.6 is 11.6 Å². The van der Waals surface area contributed by atoms with Crippen LogP contribution in [0.2, 0.25) is 5.15 Å². The average Bonchev–Trinajstić information content (AvgIpc) is 2.19. The SMILES string of the molecule is Cc1nc(Cl)c(C)c(NCCCC(C)O)n1. The van der Waals surface area contributed by atoms with E-state index in [-0.39, 0.29) is 6.10 Å². The van der Waals surface area contributed by atoms with Gasteiger partial charge in [-0.05, 0) is 33.6 Å². The highest BCUT2D eigenvalue weighted by Crippen LogP contribution is 2.19. The fourth-order valence-electron chi connectivity index (χ4n) is 1.37. The maximum absolute atomic E-state index is 9.12. The van der Waals surface area contributed by atoms with Crippen molar-refractivity contribution in [1.29, 1.82) is 0 Å². The van der Waals surface area contributed by atoms with Crippen LogP contribution in [0.1, 0.15) is 31.2 Å². The summed E-state index contributed by atoms with van der Waals surface area (Å²) in [6.07, 6.45) is 1.43. The van der Waals surface area contributed by atoms with Crippen LogP contribution in [0.5, 0.6) is 0 Å². The van der Waals surface area contributed by atoms with Crippen molar-refractivity contribution in [1.82, 2.24) is 9.97 Å². The van der Waals surface area contributed by atoms with E-state index < -0.39 is 0 Å². The van der Waals surface area contributed by atoms with Crippen molar-refractivity contribution < 1.29 is 5.11 Å². The Morgan fingerprint density at radius 3 is 2.69 bits per heavy atom. The molecule has 0 bridgehead atoms. The van der Waals surface area contributed by atoms with Gasteiger partial charge in [-0.25, -0.2) is 9.97 Å². The zero-order valence-electron chi connectivity index (χ0n) is 9.92. The van der Waals surface area contributed by atoms with Crippen LogP contribution in [-0.2, 0) is 0 Å². The first-order valence-corrected chi connectivity index (χ1v) is 5.81. The Balaban J connectivity index is 2.53. The second-order valence-electron chi connectivity index (χ2n) is 3.95. The molecule has 0 amide bonds. The van der Waals surface area contributed by atoms with E-state index in [2.05, 4.69) is 15.3 Å². The molecule has 16 heavy (non-hydrogen) atoms. The third-order valence-corrected chi connectivity index (χ3v) is 2.66. The molecule has 2 N–H and O–H groups in total. The lowest BCUT2D eigenvalue weighted by Crippen LogP contribution is -2.09. The van der Waals surface area contributed by atoms with Crippen LogP contribution in [0.15, 0.2) is 0 Å². The van der Waals surface area contributed by atoms with E-state index >= 15 is 0 Å². The maximum Gasteiger partial charge on any atom is 0.137 e. The summed E-state index contributed by atoms with van der Waals surface area (Å²) in [4.78, 5) is 8.35. The van der Waals surface area contributed by atoms with E-state index in [4.69, 9.17) is 16.7 Å². The predicted octanol–water partition coefficient (Wildman–Crippen LogP) is 2.32. The van der Waals surface area contributed by atoms with Gasteiger partial charge >= 0.3 is 0 Å². The van der Waals surface area contributed by atoms with Crippen LogP contribution < -0.4 is 5.32 Å². The third kappa shape index (κ3) is 3.94. The maximum atomic E-state index is 9.12. The van der Waals surface area contributed by atoms with Gasteiger partial charge in [0.15, 0.2) is 0 Å². The van der Waals surface area contributed by atoms with E-state index in [1.165, 1.54) is 0 Å². The van der Waals surface area contributed by atoms with Crippen molar-refractivity contribution >= 4 is 17.4 Å². The zero-order chi connectivity index (χ0) is 12.1. The molecule has 1 heterocycles. The normalized spacial score (nSPS) is 12.6. The highest BCUT2D eigenvalue weighted by Gasteiger charge is 2.06. The molecule has 0 aliphatic rings. The number of aromatic nitrogens is 2. The van der Waals surface area contributed by atoms with Gasteiger partial charge in [0, 0.05) is 12.1 Å². The minimum absolute atomic E-state index is 0.251. The van der Waals surface area contributed by atoms with Crippen LogP contribution in [0.25, 0.3) is 0 Å². The standard InChI is InChI=1S/C11H18ClN3O/c1-7(16)5-4-6-13-11-8(2)10(12)14-9(3)15-11/h7,16H,4-6H2,1-3H3,(H,13,14,15). The lowest BCUT2D eigenvalue weighted by Gasteiger charge is -2.10. The Labute approximate surface area is 101 Å². The van der Waals surface area contributed by atoms with Crippen LogP contribution in [0.3, 0.4) is 0 Å². The molecule has 1 unspecified atom stereocenters. The number of anilines is 1. The molecule has 0 aromatic carbocycles. The Hall–Kier alpha value is -0.870. The minimum atomic E-state index is -0.251. The lowest BCUT2D eigenvalue weighted by atomic mass is 10.2. The molecule has 1 atom stereocenters. The number of rotatable bonds is 5. The molecule has 1 aromatic rings. The molecule has 90 valence electrons. The lowest BCUT2D eigenvalue weighted by molar-refractivity contribution is 0.183. The van der Waals surface area contributed by atoms with E-state index in [1.807, 2.05) is 13.8 Å². The Morgan fingerprint density at radius 2 is 2.06 bits per heavy atom. The van der Waals surface area contributed by atoms with E-state index in [1.54, 1.807) is 6.92 Å². The predicted molar refractivity (Wildman–Crippen MR) is 65.9 cm³/mol. The van der Waals surface area contributed by atoms with Gasteiger partial charge in [0.2, 0.25) is 0 Å². The molecule has 0 saturated carbocycles. The summed E-state index contributed by atoms with van der Waals surface area (Å²) in [5.41, 5.74) is 0.865. The van der Waals surface area contributed by atoms with Crippen molar-refractivity contribution in [2.75, 3.05) is 11.9 Å². The number of halogens is 1. The molecule has 1 rings (SSSR count). The number of nitrogens with zero attached hydrogens (tertiary/aromatic N) is 2. The summed E-state index contributed by atoms with van der Waals surface area (Å²) in [7, 11) is 0. The molecule has 0 fully saturated rings. The van der Waals surface area contributed by atoms with E-state index in [0.29, 0.717) is 11.0 Å². The monoisotopic (exact) mass is 243 g/mol. The molecule has 0 radical (unpaired) electrons. The summed E-state index contributed by atoms with van der Waals surface area (Å²) in [6, 6.07) is 0. The molecule has 0 spiro atoms. The number of aliphatic hydroxyl groups is 1. The van der Waals surface area contributed by atoms with Crippen molar-refractivity contribution in [2.45, 2.75) is 39.7 Å². The second-order valence-corrected chi connectivity index (χ2v) is 4.31. The number of nitrogens with one attached hydrogen (secondary N) is 1. The van der Waals surface area contributed by atoms with Gasteiger partial charge in [0.05, 0.1) is 6.10 Å². The Kier molecular flexibility index (Phi) is 4.96. The molecule has 0 aliphatic carbocycles. The first-order chi connectivity index (χ1) is 7.50. The van der Waals surface area contributed by atoms with Crippen molar-refractivity contribution in [2.24, 2.45) is 0 Å². The van der Waals surface area contributed by atoms with E-state index in [0.717, 1.165) is 30.8 Å². The molecule has 4 nitrogen and oxygen atoms in total. The van der Waals surface area contributed by atoms with E-state index in [9.17, 15) is 0 Å². The van der Waals surface area contributed by atoms with Crippen molar-refractivity contribution in [3.05, 3.63) is 16.5 Å². The van der Waals surface area contributed by atoms with Crippen LogP contribution in [0.4, 0.5) is 5.82 Å². The largest absolute Gasteiger partial charge is 0.393 e. The summed E-state index contributed by atoms with van der Waals surface area (Å²) in [5, 5.41) is 12.8. The smallest absolute Gasteiger partial charge is 0.137 e. The Bertz CT molecular complexity index is 355. The molecule has 5 heteroatoms. The molecule has 0 aliphatic heterocycles. The van der Waals surface area contributed by atoms with Gasteiger partial charge in [-0.15, -0.1) is 0 Å². The number of hydrogen-bond acceptors (Lipinski definition) is 4. The van der Waals surface area contributed by atoms with Gasteiger partial charge in [-0.1, -0.05) is 11.6 Å². The molecular formula is C11H18ClN3O. The summed E-state index contributed by atoms with van der Waals surface area (Å²) < 4.78 is 0. The van der Waals surface area contributed by atoms with Gasteiger partial charge in [-0.3, -0.25) is 0 Å². The molecular weight excluding hydrogens is 226 g/mol. The first kappa shape index (κ1) is 13.2. The molecule has 1 aromatic heterocycles. The van der Waals surface area contributed by atoms with Crippen molar-refractivity contribution in [3.63, 3.8) is 0 Å². The third-order valence-electron chi connectivity index (χ3n) is 2.29. The number of hydrogen-bond donors (Lipinski definition) is 2. The fraction of sp³-hybridized carbons (Fsp3) is 0.636. The summed E-state index contributed by atoms with van der Waals surface area (Å²) >= 11 is 5.95. The zero-order valence-corrected chi connectivity index (χ0v) is 10.7. The van der Waals surface area contributed by atoms with Crippen LogP contribution in [-0.4, -0.2) is 27.7 Å². The summed E-state index contributed by atoms with van der Waals surface area (Å²) in [6.45, 7) is 6.26. The first-order valence-electron chi connectivity index (χ1n) is 5.43.